The highest BCUT2D eigenvalue weighted by Crippen LogP contribution is 2.24. The summed E-state index contributed by atoms with van der Waals surface area (Å²) in [5.41, 5.74) is 3.57. The number of anilines is 1. The van der Waals surface area contributed by atoms with Crippen molar-refractivity contribution in [2.45, 2.75) is 39.8 Å². The fraction of sp³-hybridized carbons (Fsp3) is 0.476. The zero-order valence-electron chi connectivity index (χ0n) is 17.2. The van der Waals surface area contributed by atoms with E-state index in [1.54, 1.807) is 21.0 Å². The van der Waals surface area contributed by atoms with E-state index in [-0.39, 0.29) is 17.5 Å². The second-order valence-electron chi connectivity index (χ2n) is 7.68. The molecule has 1 atom stereocenters. The summed E-state index contributed by atoms with van der Waals surface area (Å²) in [7, 11) is 3.40. The minimum atomic E-state index is -0.190. The molecule has 1 fully saturated rings. The van der Waals surface area contributed by atoms with Gasteiger partial charge in [-0.05, 0) is 44.4 Å². The summed E-state index contributed by atoms with van der Waals surface area (Å²) in [6.07, 6.45) is 0.986. The van der Waals surface area contributed by atoms with E-state index in [0.29, 0.717) is 18.2 Å². The molecule has 0 unspecified atom stereocenters. The number of aryl methyl sites for hydroxylation is 2. The quantitative estimate of drug-likeness (QED) is 0.857. The van der Waals surface area contributed by atoms with Gasteiger partial charge in [0.2, 0.25) is 5.82 Å². The molecule has 0 aliphatic carbocycles. The highest BCUT2D eigenvalue weighted by molar-refractivity contribution is 5.90. The van der Waals surface area contributed by atoms with Gasteiger partial charge in [-0.2, -0.15) is 0 Å². The Morgan fingerprint density at radius 2 is 2.04 bits per heavy atom. The summed E-state index contributed by atoms with van der Waals surface area (Å²) in [4.78, 5) is 24.9. The monoisotopic (exact) mass is 385 g/mol. The van der Waals surface area contributed by atoms with Crippen molar-refractivity contribution in [1.82, 2.24) is 20.2 Å². The lowest BCUT2D eigenvalue weighted by Gasteiger charge is -2.22. The van der Waals surface area contributed by atoms with Crippen LogP contribution in [0, 0.1) is 26.6 Å². The maximum Gasteiger partial charge on any atom is 0.291 e. The van der Waals surface area contributed by atoms with Gasteiger partial charge in [-0.25, -0.2) is 14.4 Å². The third-order valence-electron chi connectivity index (χ3n) is 5.27. The summed E-state index contributed by atoms with van der Waals surface area (Å²) in [5.74, 6) is 0.708. The second kappa shape index (κ2) is 8.22. The van der Waals surface area contributed by atoms with Crippen molar-refractivity contribution >= 4 is 11.7 Å². The zero-order valence-corrected chi connectivity index (χ0v) is 17.2. The molecule has 1 N–H and O–H groups in total. The summed E-state index contributed by atoms with van der Waals surface area (Å²) in [6, 6.07) is 5.53. The molecule has 0 saturated carbocycles. The Labute approximate surface area is 165 Å². The van der Waals surface area contributed by atoms with Crippen LogP contribution >= 0.6 is 0 Å². The summed E-state index contributed by atoms with van der Waals surface area (Å²) < 4.78 is 13.4. The van der Waals surface area contributed by atoms with Gasteiger partial charge in [0.25, 0.3) is 5.91 Å². The Balaban J connectivity index is 1.69. The highest BCUT2D eigenvalue weighted by Gasteiger charge is 2.26. The predicted octanol–water partition coefficient (Wildman–Crippen LogP) is 2.61. The molecule has 6 nitrogen and oxygen atoms in total. The number of amides is 1. The van der Waals surface area contributed by atoms with Gasteiger partial charge in [0.1, 0.15) is 11.6 Å². The molecule has 1 aromatic heterocycles. The van der Waals surface area contributed by atoms with Gasteiger partial charge in [-0.15, -0.1) is 0 Å². The molecule has 2 heterocycles. The number of hydrogen-bond acceptors (Lipinski definition) is 5. The molecule has 0 spiro atoms. The summed E-state index contributed by atoms with van der Waals surface area (Å²) in [6.45, 7) is 8.07. The average Bonchev–Trinajstić information content (AvgIpc) is 3.13. The number of aromatic nitrogens is 2. The summed E-state index contributed by atoms with van der Waals surface area (Å²) in [5, 5.41) is 3.55. The van der Waals surface area contributed by atoms with E-state index in [1.807, 2.05) is 26.0 Å². The number of rotatable bonds is 5. The number of benzene rings is 1. The highest BCUT2D eigenvalue weighted by atomic mass is 19.1. The average molecular weight is 385 g/mol. The molecule has 1 aromatic carbocycles. The Kier molecular flexibility index (Phi) is 5.93. The molecular formula is C21H28FN5O. The van der Waals surface area contributed by atoms with Crippen LogP contribution in [0.5, 0.6) is 0 Å². The maximum absolute atomic E-state index is 13.4. The van der Waals surface area contributed by atoms with Crippen molar-refractivity contribution < 1.29 is 9.18 Å². The molecule has 0 bridgehead atoms. The van der Waals surface area contributed by atoms with Gasteiger partial charge in [0.15, 0.2) is 0 Å². The first kappa shape index (κ1) is 20.2. The third-order valence-corrected chi connectivity index (χ3v) is 5.27. The Hall–Kier alpha value is -2.54. The van der Waals surface area contributed by atoms with Gasteiger partial charge < -0.3 is 15.1 Å². The molecule has 7 heteroatoms. The number of hydrogen-bond donors (Lipinski definition) is 1. The topological polar surface area (TPSA) is 61.4 Å². The number of nitrogens with one attached hydrogen (secondary N) is 1. The minimum absolute atomic E-state index is 0.173. The van der Waals surface area contributed by atoms with E-state index in [9.17, 15) is 9.18 Å². The predicted molar refractivity (Wildman–Crippen MR) is 108 cm³/mol. The van der Waals surface area contributed by atoms with Gasteiger partial charge in [0, 0.05) is 51.0 Å². The molecule has 1 saturated heterocycles. The van der Waals surface area contributed by atoms with Crippen LogP contribution in [0.3, 0.4) is 0 Å². The standard InChI is InChI=1S/C21H28FN5O/c1-13-10-16(6-7-18(13)22)11-23-17-8-9-27(12-17)20-14(2)15(3)24-19(25-20)21(28)26(4)5/h6-7,10,17,23H,8-9,11-12H2,1-5H3/t17-/m1/s1. The van der Waals surface area contributed by atoms with Crippen LogP contribution in [-0.4, -0.2) is 54.0 Å². The second-order valence-corrected chi connectivity index (χ2v) is 7.68. The maximum atomic E-state index is 13.4. The number of nitrogens with zero attached hydrogens (tertiary/aromatic N) is 4. The van der Waals surface area contributed by atoms with Crippen LogP contribution in [0.15, 0.2) is 18.2 Å². The number of carbonyl (C=O) groups excluding carboxylic acids is 1. The van der Waals surface area contributed by atoms with Gasteiger partial charge in [-0.3, -0.25) is 4.79 Å². The SMILES string of the molecule is Cc1cc(CN[C@@H]2CCN(c3nc(C(=O)N(C)C)nc(C)c3C)C2)ccc1F. The molecule has 1 aliphatic rings. The Bertz CT molecular complexity index is 883. The molecule has 0 radical (unpaired) electrons. The number of carbonyl (C=O) groups is 1. The van der Waals surface area contributed by atoms with Crippen molar-refractivity contribution in [2.24, 2.45) is 0 Å². The van der Waals surface area contributed by atoms with Crippen LogP contribution in [0.1, 0.15) is 39.4 Å². The lowest BCUT2D eigenvalue weighted by Crippen LogP contribution is -2.33. The first-order valence-corrected chi connectivity index (χ1v) is 9.56. The normalized spacial score (nSPS) is 16.5. The molecule has 2 aromatic rings. The fourth-order valence-electron chi connectivity index (χ4n) is 3.42. The van der Waals surface area contributed by atoms with E-state index in [2.05, 4.69) is 20.2 Å². The van der Waals surface area contributed by atoms with Crippen LogP contribution in [-0.2, 0) is 6.54 Å². The molecular weight excluding hydrogens is 357 g/mol. The lowest BCUT2D eigenvalue weighted by atomic mass is 10.1. The molecule has 1 amide bonds. The largest absolute Gasteiger partial charge is 0.355 e. The minimum Gasteiger partial charge on any atom is -0.355 e. The Morgan fingerprint density at radius 3 is 2.71 bits per heavy atom. The zero-order chi connectivity index (χ0) is 20.4. The van der Waals surface area contributed by atoms with Crippen molar-refractivity contribution in [3.63, 3.8) is 0 Å². The van der Waals surface area contributed by atoms with Crippen molar-refractivity contribution in [3.8, 4) is 0 Å². The van der Waals surface area contributed by atoms with Crippen LogP contribution in [0.4, 0.5) is 10.2 Å². The molecule has 1 aliphatic heterocycles. The van der Waals surface area contributed by atoms with E-state index in [4.69, 9.17) is 0 Å². The van der Waals surface area contributed by atoms with Crippen LogP contribution in [0.25, 0.3) is 0 Å². The molecule has 150 valence electrons. The van der Waals surface area contributed by atoms with E-state index < -0.39 is 0 Å². The van der Waals surface area contributed by atoms with E-state index in [1.165, 1.54) is 11.0 Å². The van der Waals surface area contributed by atoms with E-state index >= 15 is 0 Å². The van der Waals surface area contributed by atoms with Gasteiger partial charge in [0.05, 0.1) is 0 Å². The lowest BCUT2D eigenvalue weighted by molar-refractivity contribution is 0.0815. The van der Waals surface area contributed by atoms with Crippen LogP contribution < -0.4 is 10.2 Å². The first-order chi connectivity index (χ1) is 13.3. The van der Waals surface area contributed by atoms with E-state index in [0.717, 1.165) is 42.1 Å². The van der Waals surface area contributed by atoms with Gasteiger partial charge >= 0.3 is 0 Å². The van der Waals surface area contributed by atoms with Crippen molar-refractivity contribution in [2.75, 3.05) is 32.1 Å². The third kappa shape index (κ3) is 4.30. The van der Waals surface area contributed by atoms with Crippen LogP contribution in [0.2, 0.25) is 0 Å². The number of halogens is 1. The molecule has 28 heavy (non-hydrogen) atoms. The smallest absolute Gasteiger partial charge is 0.291 e. The molecule has 3 rings (SSSR count). The Morgan fingerprint density at radius 1 is 1.29 bits per heavy atom. The summed E-state index contributed by atoms with van der Waals surface area (Å²) >= 11 is 0. The first-order valence-electron chi connectivity index (χ1n) is 9.56. The van der Waals surface area contributed by atoms with Gasteiger partial charge in [-0.1, -0.05) is 12.1 Å². The fourth-order valence-corrected chi connectivity index (χ4v) is 3.42. The van der Waals surface area contributed by atoms with Crippen molar-refractivity contribution in [3.05, 3.63) is 52.2 Å². The van der Waals surface area contributed by atoms with Crippen molar-refractivity contribution in [1.29, 1.82) is 0 Å².